The Hall–Kier alpha value is -2.60. The Morgan fingerprint density at radius 3 is 3.05 bits per heavy atom. The van der Waals surface area contributed by atoms with Gasteiger partial charge in [0.1, 0.15) is 17.8 Å². The number of fused-ring (bicyclic) bond motifs is 1. The van der Waals surface area contributed by atoms with Crippen LogP contribution in [0.5, 0.6) is 0 Å². The number of benzene rings is 1. The van der Waals surface area contributed by atoms with Crippen LogP contribution in [-0.2, 0) is 6.42 Å². The summed E-state index contributed by atoms with van der Waals surface area (Å²) in [6, 6.07) is 7.87. The summed E-state index contributed by atoms with van der Waals surface area (Å²) in [5.41, 5.74) is 15.0. The van der Waals surface area contributed by atoms with Crippen LogP contribution in [0.25, 0.3) is 17.5 Å². The minimum Gasteiger partial charge on any atom is -0.399 e. The molecule has 2 aromatic rings. The predicted molar refractivity (Wildman–Crippen MR) is 87.8 cm³/mol. The molecule has 0 aliphatic carbocycles. The number of nitrogens with two attached hydrogens (primary N) is 1. The number of hydrazine groups is 1. The zero-order chi connectivity index (χ0) is 15.1. The summed E-state index contributed by atoms with van der Waals surface area (Å²) in [4.78, 5) is 9.12. The summed E-state index contributed by atoms with van der Waals surface area (Å²) in [5, 5.41) is 0. The van der Waals surface area contributed by atoms with Crippen molar-refractivity contribution in [3.63, 3.8) is 0 Å². The van der Waals surface area contributed by atoms with Crippen molar-refractivity contribution >= 4 is 17.7 Å². The highest BCUT2D eigenvalue weighted by atomic mass is 15.5. The fourth-order valence-corrected chi connectivity index (χ4v) is 2.91. The minimum absolute atomic E-state index is 0.118. The highest BCUT2D eigenvalue weighted by molar-refractivity contribution is 5.88. The third-order valence-corrected chi connectivity index (χ3v) is 4.02. The summed E-state index contributed by atoms with van der Waals surface area (Å²) < 4.78 is 2.12. The summed E-state index contributed by atoms with van der Waals surface area (Å²) in [6.07, 6.45) is 7.09. The molecule has 4 rings (SSSR count). The molecule has 6 heteroatoms. The molecule has 2 aliphatic rings. The van der Waals surface area contributed by atoms with Gasteiger partial charge in [-0.05, 0) is 19.1 Å². The average molecular weight is 294 g/mol. The van der Waals surface area contributed by atoms with Gasteiger partial charge in [0.05, 0.1) is 11.9 Å². The van der Waals surface area contributed by atoms with Crippen molar-refractivity contribution in [3.8, 4) is 11.3 Å². The predicted octanol–water partition coefficient (Wildman–Crippen LogP) is 1.63. The van der Waals surface area contributed by atoms with Crippen LogP contribution >= 0.6 is 0 Å². The SMILES string of the molecule is CC1N=C(C2C=Cn3c(-c4cccc(N)c4)cnc3C2)NN1. The fraction of sp³-hybridized carbons (Fsp3) is 0.250. The van der Waals surface area contributed by atoms with Crippen molar-refractivity contribution < 1.29 is 0 Å². The van der Waals surface area contributed by atoms with E-state index in [1.807, 2.05) is 31.3 Å². The van der Waals surface area contributed by atoms with E-state index in [1.165, 1.54) is 0 Å². The van der Waals surface area contributed by atoms with E-state index in [2.05, 4.69) is 43.7 Å². The lowest BCUT2D eigenvalue weighted by atomic mass is 10.0. The number of nitrogens with one attached hydrogen (secondary N) is 2. The van der Waals surface area contributed by atoms with E-state index in [9.17, 15) is 0 Å². The van der Waals surface area contributed by atoms with Crippen LogP contribution in [0.4, 0.5) is 5.69 Å². The molecule has 0 spiro atoms. The lowest BCUT2D eigenvalue weighted by molar-refractivity contribution is 0.584. The molecule has 0 saturated carbocycles. The number of imidazole rings is 1. The van der Waals surface area contributed by atoms with Crippen LogP contribution in [0.1, 0.15) is 12.7 Å². The maximum Gasteiger partial charge on any atom is 0.120 e. The van der Waals surface area contributed by atoms with Gasteiger partial charge in [-0.1, -0.05) is 18.2 Å². The maximum atomic E-state index is 5.88. The number of rotatable bonds is 2. The largest absolute Gasteiger partial charge is 0.399 e. The molecular formula is C16H18N6. The standard InChI is InChI=1S/C16H18N6/c1-10-19-16(21-20-10)12-5-6-22-14(9-18-15(22)8-12)11-3-2-4-13(17)7-11/h2-7,9-10,12,20H,8,17H2,1H3,(H,19,21). The zero-order valence-corrected chi connectivity index (χ0v) is 12.3. The Bertz CT molecular complexity index is 773. The van der Waals surface area contributed by atoms with E-state index in [0.29, 0.717) is 0 Å². The first-order valence-corrected chi connectivity index (χ1v) is 7.40. The van der Waals surface area contributed by atoms with E-state index in [-0.39, 0.29) is 12.1 Å². The average Bonchev–Trinajstić information content (AvgIpc) is 3.12. The molecule has 2 unspecified atom stereocenters. The topological polar surface area (TPSA) is 80.3 Å². The quantitative estimate of drug-likeness (QED) is 0.735. The molecule has 2 atom stereocenters. The molecule has 3 heterocycles. The van der Waals surface area contributed by atoms with Crippen LogP contribution in [-0.4, -0.2) is 21.6 Å². The molecular weight excluding hydrogens is 276 g/mol. The van der Waals surface area contributed by atoms with Crippen molar-refractivity contribution in [2.75, 3.05) is 5.73 Å². The van der Waals surface area contributed by atoms with Gasteiger partial charge in [-0.15, -0.1) is 0 Å². The van der Waals surface area contributed by atoms with E-state index >= 15 is 0 Å². The normalized spacial score (nSPS) is 23.0. The van der Waals surface area contributed by atoms with Gasteiger partial charge in [-0.25, -0.2) is 10.4 Å². The van der Waals surface area contributed by atoms with E-state index in [0.717, 1.165) is 35.0 Å². The molecule has 1 aromatic carbocycles. The van der Waals surface area contributed by atoms with Gasteiger partial charge >= 0.3 is 0 Å². The first-order valence-electron chi connectivity index (χ1n) is 7.40. The number of aliphatic imine (C=N–C) groups is 1. The molecule has 4 N–H and O–H groups in total. The van der Waals surface area contributed by atoms with Crippen molar-refractivity contribution in [3.05, 3.63) is 42.4 Å². The number of hydrogen-bond donors (Lipinski definition) is 3. The van der Waals surface area contributed by atoms with E-state index in [1.54, 1.807) is 0 Å². The van der Waals surface area contributed by atoms with Gasteiger partial charge in [0.25, 0.3) is 0 Å². The molecule has 0 fully saturated rings. The Morgan fingerprint density at radius 1 is 1.36 bits per heavy atom. The molecule has 2 aliphatic heterocycles. The van der Waals surface area contributed by atoms with Crippen LogP contribution in [0.2, 0.25) is 0 Å². The van der Waals surface area contributed by atoms with Crippen LogP contribution < -0.4 is 16.6 Å². The molecule has 22 heavy (non-hydrogen) atoms. The third-order valence-electron chi connectivity index (χ3n) is 4.02. The fourth-order valence-electron chi connectivity index (χ4n) is 2.91. The second-order valence-electron chi connectivity index (χ2n) is 5.67. The van der Waals surface area contributed by atoms with E-state index in [4.69, 9.17) is 5.73 Å². The molecule has 112 valence electrons. The zero-order valence-electron chi connectivity index (χ0n) is 12.3. The van der Waals surface area contributed by atoms with Crippen molar-refractivity contribution in [1.29, 1.82) is 0 Å². The lowest BCUT2D eigenvalue weighted by Crippen LogP contribution is -2.37. The van der Waals surface area contributed by atoms with Crippen molar-refractivity contribution in [2.24, 2.45) is 10.9 Å². The number of anilines is 1. The maximum absolute atomic E-state index is 5.88. The molecule has 1 aromatic heterocycles. The number of aromatic nitrogens is 2. The smallest absolute Gasteiger partial charge is 0.120 e. The third kappa shape index (κ3) is 2.17. The Balaban J connectivity index is 1.66. The van der Waals surface area contributed by atoms with Gasteiger partial charge in [-0.2, -0.15) is 0 Å². The van der Waals surface area contributed by atoms with Gasteiger partial charge < -0.3 is 15.7 Å². The van der Waals surface area contributed by atoms with Crippen molar-refractivity contribution in [1.82, 2.24) is 20.4 Å². The molecule has 0 saturated heterocycles. The highest BCUT2D eigenvalue weighted by Crippen LogP contribution is 2.27. The second kappa shape index (κ2) is 4.99. The number of amidine groups is 1. The molecule has 0 bridgehead atoms. The minimum atomic E-state index is 0.118. The molecule has 0 amide bonds. The summed E-state index contributed by atoms with van der Waals surface area (Å²) in [5.74, 6) is 2.25. The highest BCUT2D eigenvalue weighted by Gasteiger charge is 2.25. The Kier molecular flexibility index (Phi) is 2.97. The molecule has 6 nitrogen and oxygen atoms in total. The lowest BCUT2D eigenvalue weighted by Gasteiger charge is -2.19. The van der Waals surface area contributed by atoms with Crippen LogP contribution in [0.3, 0.4) is 0 Å². The second-order valence-corrected chi connectivity index (χ2v) is 5.67. The summed E-state index contributed by atoms with van der Waals surface area (Å²) >= 11 is 0. The van der Waals surface area contributed by atoms with Gasteiger partial charge in [0, 0.05) is 29.8 Å². The summed E-state index contributed by atoms with van der Waals surface area (Å²) in [6.45, 7) is 2.02. The summed E-state index contributed by atoms with van der Waals surface area (Å²) in [7, 11) is 0. The Morgan fingerprint density at radius 2 is 2.27 bits per heavy atom. The van der Waals surface area contributed by atoms with E-state index < -0.39 is 0 Å². The van der Waals surface area contributed by atoms with Gasteiger partial charge in [0.2, 0.25) is 0 Å². The van der Waals surface area contributed by atoms with Gasteiger partial charge in [-0.3, -0.25) is 4.99 Å². The van der Waals surface area contributed by atoms with Crippen molar-refractivity contribution in [2.45, 2.75) is 19.5 Å². The first-order chi connectivity index (χ1) is 10.7. The monoisotopic (exact) mass is 294 g/mol. The first kappa shape index (κ1) is 13.1. The van der Waals surface area contributed by atoms with Crippen LogP contribution in [0, 0.1) is 5.92 Å². The number of nitrogens with zero attached hydrogens (tertiary/aromatic N) is 3. The Labute approximate surface area is 128 Å². The van der Waals surface area contributed by atoms with Crippen LogP contribution in [0.15, 0.2) is 41.5 Å². The number of hydrogen-bond acceptors (Lipinski definition) is 5. The number of nitrogen functional groups attached to an aromatic ring is 1. The van der Waals surface area contributed by atoms with Gasteiger partial charge in [0.15, 0.2) is 0 Å². The molecule has 0 radical (unpaired) electrons.